The average molecular weight is 412 g/mol. The highest BCUT2D eigenvalue weighted by molar-refractivity contribution is 5.97. The Morgan fingerprint density at radius 1 is 0.839 bits per heavy atom. The molecule has 0 aliphatic rings. The minimum Gasteiger partial charge on any atom is -0.361 e. The number of benzene rings is 3. The lowest BCUT2D eigenvalue weighted by molar-refractivity contribution is -0.122. The SMILES string of the molecule is O=C(NC(Cc1c[nH]c2ccccc12)C(=O)NCCc1ccccc1)c1ccccc1. The van der Waals surface area contributed by atoms with Crippen molar-refractivity contribution in [2.24, 2.45) is 0 Å². The molecular weight excluding hydrogens is 386 g/mol. The van der Waals surface area contributed by atoms with E-state index < -0.39 is 6.04 Å². The summed E-state index contributed by atoms with van der Waals surface area (Å²) in [5.74, 6) is -0.450. The predicted molar refractivity (Wildman–Crippen MR) is 123 cm³/mol. The fourth-order valence-corrected chi connectivity index (χ4v) is 3.66. The van der Waals surface area contributed by atoms with Crippen molar-refractivity contribution in [1.29, 1.82) is 0 Å². The van der Waals surface area contributed by atoms with E-state index in [2.05, 4.69) is 15.6 Å². The lowest BCUT2D eigenvalue weighted by Gasteiger charge is -2.18. The van der Waals surface area contributed by atoms with Gasteiger partial charge in [-0.2, -0.15) is 0 Å². The van der Waals surface area contributed by atoms with Gasteiger partial charge in [0, 0.05) is 35.6 Å². The van der Waals surface area contributed by atoms with Crippen LogP contribution in [0.4, 0.5) is 0 Å². The van der Waals surface area contributed by atoms with Crippen LogP contribution < -0.4 is 10.6 Å². The normalized spacial score (nSPS) is 11.7. The van der Waals surface area contributed by atoms with Gasteiger partial charge in [-0.3, -0.25) is 9.59 Å². The van der Waals surface area contributed by atoms with Crippen LogP contribution >= 0.6 is 0 Å². The molecule has 0 spiro atoms. The third-order valence-corrected chi connectivity index (χ3v) is 5.31. The molecule has 1 unspecified atom stereocenters. The van der Waals surface area contributed by atoms with Gasteiger partial charge in [0.05, 0.1) is 0 Å². The zero-order chi connectivity index (χ0) is 21.5. The van der Waals surface area contributed by atoms with Crippen molar-refractivity contribution in [3.05, 3.63) is 108 Å². The number of hydrogen-bond acceptors (Lipinski definition) is 2. The molecule has 0 aliphatic heterocycles. The Labute approximate surface area is 181 Å². The molecule has 31 heavy (non-hydrogen) atoms. The first-order valence-corrected chi connectivity index (χ1v) is 10.4. The van der Waals surface area contributed by atoms with Crippen LogP contribution in [0.25, 0.3) is 10.9 Å². The number of amides is 2. The van der Waals surface area contributed by atoms with Gasteiger partial charge < -0.3 is 15.6 Å². The number of fused-ring (bicyclic) bond motifs is 1. The molecule has 0 aliphatic carbocycles. The van der Waals surface area contributed by atoms with Crippen LogP contribution in [0.15, 0.2) is 91.1 Å². The molecule has 1 aromatic heterocycles. The Morgan fingerprint density at radius 3 is 2.29 bits per heavy atom. The maximum atomic E-state index is 13.0. The number of nitrogens with one attached hydrogen (secondary N) is 3. The summed E-state index contributed by atoms with van der Waals surface area (Å²) in [6, 6.07) is 26.2. The topological polar surface area (TPSA) is 74.0 Å². The number of aromatic nitrogens is 1. The van der Waals surface area contributed by atoms with Gasteiger partial charge in [-0.05, 0) is 35.7 Å². The zero-order valence-electron chi connectivity index (χ0n) is 17.2. The van der Waals surface area contributed by atoms with E-state index in [0.29, 0.717) is 18.5 Å². The number of rotatable bonds is 8. The second kappa shape index (κ2) is 9.76. The largest absolute Gasteiger partial charge is 0.361 e. The lowest BCUT2D eigenvalue weighted by atomic mass is 10.0. The molecule has 5 nitrogen and oxygen atoms in total. The van der Waals surface area contributed by atoms with Crippen molar-refractivity contribution < 1.29 is 9.59 Å². The first kappa shape index (κ1) is 20.4. The van der Waals surface area contributed by atoms with Crippen LogP contribution in [0.5, 0.6) is 0 Å². The van der Waals surface area contributed by atoms with E-state index in [4.69, 9.17) is 0 Å². The molecule has 0 fully saturated rings. The third kappa shape index (κ3) is 5.20. The van der Waals surface area contributed by atoms with E-state index in [9.17, 15) is 9.59 Å². The smallest absolute Gasteiger partial charge is 0.251 e. The minimum atomic E-state index is -0.678. The molecule has 4 rings (SSSR count). The van der Waals surface area contributed by atoms with Gasteiger partial charge >= 0.3 is 0 Å². The zero-order valence-corrected chi connectivity index (χ0v) is 17.2. The molecule has 0 bridgehead atoms. The summed E-state index contributed by atoms with van der Waals surface area (Å²) in [6.45, 7) is 0.508. The van der Waals surface area contributed by atoms with Crippen LogP contribution in [0.3, 0.4) is 0 Å². The molecule has 3 N–H and O–H groups in total. The van der Waals surface area contributed by atoms with E-state index in [-0.39, 0.29) is 11.8 Å². The molecule has 0 saturated heterocycles. The second-order valence-electron chi connectivity index (χ2n) is 7.48. The number of H-pyrrole nitrogens is 1. The van der Waals surface area contributed by atoms with E-state index >= 15 is 0 Å². The monoisotopic (exact) mass is 411 g/mol. The predicted octanol–water partition coefficient (Wildman–Crippen LogP) is 3.87. The molecule has 1 heterocycles. The van der Waals surface area contributed by atoms with Gasteiger partial charge in [0.2, 0.25) is 5.91 Å². The fourth-order valence-electron chi connectivity index (χ4n) is 3.66. The maximum Gasteiger partial charge on any atom is 0.251 e. The van der Waals surface area contributed by atoms with Crippen molar-refractivity contribution >= 4 is 22.7 Å². The van der Waals surface area contributed by atoms with Gasteiger partial charge in [0.15, 0.2) is 0 Å². The van der Waals surface area contributed by atoms with Gasteiger partial charge in [-0.15, -0.1) is 0 Å². The van der Waals surface area contributed by atoms with Crippen molar-refractivity contribution in [1.82, 2.24) is 15.6 Å². The second-order valence-corrected chi connectivity index (χ2v) is 7.48. The summed E-state index contributed by atoms with van der Waals surface area (Å²) < 4.78 is 0. The first-order chi connectivity index (χ1) is 15.2. The van der Waals surface area contributed by atoms with E-state index in [1.807, 2.05) is 79.0 Å². The highest BCUT2D eigenvalue weighted by atomic mass is 16.2. The van der Waals surface area contributed by atoms with Crippen molar-refractivity contribution in [3.8, 4) is 0 Å². The molecular formula is C26H25N3O2. The molecule has 1 atom stereocenters. The summed E-state index contributed by atoms with van der Waals surface area (Å²) in [4.78, 5) is 29.0. The summed E-state index contributed by atoms with van der Waals surface area (Å²) in [5, 5.41) is 6.96. The Morgan fingerprint density at radius 2 is 1.52 bits per heavy atom. The molecule has 4 aromatic rings. The Kier molecular flexibility index (Phi) is 6.43. The quantitative estimate of drug-likeness (QED) is 0.412. The lowest BCUT2D eigenvalue weighted by Crippen LogP contribution is -2.48. The first-order valence-electron chi connectivity index (χ1n) is 10.4. The Hall–Kier alpha value is -3.86. The van der Waals surface area contributed by atoms with Gasteiger partial charge in [-0.25, -0.2) is 0 Å². The van der Waals surface area contributed by atoms with Gasteiger partial charge in [0.25, 0.3) is 5.91 Å². The molecule has 5 heteroatoms. The maximum absolute atomic E-state index is 13.0. The fraction of sp³-hybridized carbons (Fsp3) is 0.154. The highest BCUT2D eigenvalue weighted by Crippen LogP contribution is 2.19. The minimum absolute atomic E-state index is 0.189. The van der Waals surface area contributed by atoms with Crippen LogP contribution in [0.1, 0.15) is 21.5 Å². The number of para-hydroxylation sites is 1. The summed E-state index contributed by atoms with van der Waals surface area (Å²) in [6.07, 6.45) is 3.04. The molecule has 3 aromatic carbocycles. The van der Waals surface area contributed by atoms with Gasteiger partial charge in [-0.1, -0.05) is 66.7 Å². The molecule has 0 saturated carbocycles. The highest BCUT2D eigenvalue weighted by Gasteiger charge is 2.23. The van der Waals surface area contributed by atoms with Crippen LogP contribution in [0.2, 0.25) is 0 Å². The number of hydrogen-bond donors (Lipinski definition) is 3. The number of carbonyl (C=O) groups excluding carboxylic acids is 2. The Bertz CT molecular complexity index is 1150. The molecule has 2 amide bonds. The van der Waals surface area contributed by atoms with Gasteiger partial charge in [0.1, 0.15) is 6.04 Å². The van der Waals surface area contributed by atoms with Crippen molar-refractivity contribution in [2.75, 3.05) is 6.54 Å². The van der Waals surface area contributed by atoms with E-state index in [0.717, 1.165) is 28.5 Å². The van der Waals surface area contributed by atoms with E-state index in [1.54, 1.807) is 12.1 Å². The Balaban J connectivity index is 1.48. The van der Waals surface area contributed by atoms with Crippen LogP contribution in [0, 0.1) is 0 Å². The number of aromatic amines is 1. The summed E-state index contributed by atoms with van der Waals surface area (Å²) in [5.41, 5.74) is 3.69. The average Bonchev–Trinajstić information content (AvgIpc) is 3.22. The summed E-state index contributed by atoms with van der Waals surface area (Å²) in [7, 11) is 0. The summed E-state index contributed by atoms with van der Waals surface area (Å²) >= 11 is 0. The van der Waals surface area contributed by atoms with Crippen LogP contribution in [-0.2, 0) is 17.6 Å². The standard InChI is InChI=1S/C26H25N3O2/c30-25(20-11-5-2-6-12-20)29-24(17-21-18-28-23-14-8-7-13-22(21)23)26(31)27-16-15-19-9-3-1-4-10-19/h1-14,18,24,28H,15-17H2,(H,27,31)(H,29,30). The van der Waals surface area contributed by atoms with Crippen molar-refractivity contribution in [3.63, 3.8) is 0 Å². The van der Waals surface area contributed by atoms with Crippen molar-refractivity contribution in [2.45, 2.75) is 18.9 Å². The van der Waals surface area contributed by atoms with Crippen LogP contribution in [-0.4, -0.2) is 29.4 Å². The molecule has 0 radical (unpaired) electrons. The molecule has 156 valence electrons. The third-order valence-electron chi connectivity index (χ3n) is 5.31. The number of carbonyl (C=O) groups is 2. The van der Waals surface area contributed by atoms with E-state index in [1.165, 1.54) is 0 Å².